The van der Waals surface area contributed by atoms with E-state index in [1.165, 1.54) is 0 Å². The maximum atomic E-state index is 12.3. The average Bonchev–Trinajstić information content (AvgIpc) is 2.35. The van der Waals surface area contributed by atoms with Gasteiger partial charge in [0.1, 0.15) is 5.75 Å². The number of carbonyl (C=O) groups excluding carboxylic acids is 1. The zero-order valence-corrected chi connectivity index (χ0v) is 12.1. The van der Waals surface area contributed by atoms with Crippen molar-refractivity contribution in [3.8, 4) is 5.75 Å². The lowest BCUT2D eigenvalue weighted by atomic mass is 10.1. The lowest BCUT2D eigenvalue weighted by molar-refractivity contribution is 0.0314. The van der Waals surface area contributed by atoms with E-state index >= 15 is 0 Å². The largest absolute Gasteiger partial charge is 0.494 e. The Bertz CT molecular complexity index is 406. The maximum absolute atomic E-state index is 12.3. The van der Waals surface area contributed by atoms with Crippen molar-refractivity contribution in [3.63, 3.8) is 0 Å². The van der Waals surface area contributed by atoms with Gasteiger partial charge < -0.3 is 14.7 Å². The van der Waals surface area contributed by atoms with Crippen LogP contribution in [0.3, 0.4) is 0 Å². The highest BCUT2D eigenvalue weighted by molar-refractivity contribution is 5.94. The monoisotopic (exact) mass is 265 g/mol. The van der Waals surface area contributed by atoms with E-state index in [-0.39, 0.29) is 5.91 Å². The minimum absolute atomic E-state index is 0.0762. The molecule has 0 atom stereocenters. The van der Waals surface area contributed by atoms with E-state index in [1.807, 2.05) is 13.8 Å². The van der Waals surface area contributed by atoms with Gasteiger partial charge in [-0.25, -0.2) is 0 Å². The average molecular weight is 265 g/mol. The molecule has 1 N–H and O–H groups in total. The molecule has 1 rings (SSSR count). The summed E-state index contributed by atoms with van der Waals surface area (Å²) in [4.78, 5) is 13.9. The Labute approximate surface area is 115 Å². The van der Waals surface area contributed by atoms with Crippen molar-refractivity contribution in [2.75, 3.05) is 19.7 Å². The van der Waals surface area contributed by atoms with Crippen LogP contribution in [0.15, 0.2) is 24.3 Å². The maximum Gasteiger partial charge on any atom is 0.253 e. The van der Waals surface area contributed by atoms with Crippen molar-refractivity contribution in [1.29, 1.82) is 0 Å². The predicted octanol–water partition coefficient (Wildman–Crippen LogP) is 2.32. The van der Waals surface area contributed by atoms with Crippen molar-refractivity contribution in [3.05, 3.63) is 29.8 Å². The summed E-state index contributed by atoms with van der Waals surface area (Å²) in [5.74, 6) is 0.678. The Balaban J connectivity index is 2.79. The van der Waals surface area contributed by atoms with Gasteiger partial charge in [0.2, 0.25) is 0 Å². The first kappa shape index (κ1) is 15.5. The standard InChI is InChI=1S/C15H23NO3/c1-5-16(11-15(3,4)18)14(17)12-7-9-13(10-8-12)19-6-2/h7-10,18H,5-6,11H2,1-4H3. The van der Waals surface area contributed by atoms with Gasteiger partial charge in [-0.3, -0.25) is 4.79 Å². The number of aliphatic hydroxyl groups is 1. The van der Waals surface area contributed by atoms with Crippen molar-refractivity contribution < 1.29 is 14.6 Å². The van der Waals surface area contributed by atoms with E-state index in [1.54, 1.807) is 43.0 Å². The van der Waals surface area contributed by atoms with E-state index in [2.05, 4.69) is 0 Å². The number of hydrogen-bond acceptors (Lipinski definition) is 3. The van der Waals surface area contributed by atoms with E-state index in [0.717, 1.165) is 5.75 Å². The highest BCUT2D eigenvalue weighted by Gasteiger charge is 2.22. The van der Waals surface area contributed by atoms with Gasteiger partial charge in [-0.1, -0.05) is 0 Å². The zero-order chi connectivity index (χ0) is 14.5. The van der Waals surface area contributed by atoms with Crippen molar-refractivity contribution >= 4 is 5.91 Å². The van der Waals surface area contributed by atoms with Gasteiger partial charge in [0.15, 0.2) is 0 Å². The van der Waals surface area contributed by atoms with E-state index in [4.69, 9.17) is 4.74 Å². The molecule has 1 amide bonds. The highest BCUT2D eigenvalue weighted by Crippen LogP contribution is 2.15. The van der Waals surface area contributed by atoms with Gasteiger partial charge in [0.05, 0.1) is 12.2 Å². The molecule has 0 spiro atoms. The topological polar surface area (TPSA) is 49.8 Å². The molecule has 0 fully saturated rings. The summed E-state index contributed by atoms with van der Waals surface area (Å²) in [6.07, 6.45) is 0. The zero-order valence-electron chi connectivity index (χ0n) is 12.1. The highest BCUT2D eigenvalue weighted by atomic mass is 16.5. The summed E-state index contributed by atoms with van der Waals surface area (Å²) < 4.78 is 5.34. The Hall–Kier alpha value is -1.55. The second kappa shape index (κ2) is 6.57. The molecular formula is C15H23NO3. The number of rotatable bonds is 6. The fourth-order valence-electron chi connectivity index (χ4n) is 1.84. The minimum Gasteiger partial charge on any atom is -0.494 e. The van der Waals surface area contributed by atoms with Crippen LogP contribution in [0, 0.1) is 0 Å². The van der Waals surface area contributed by atoms with Gasteiger partial charge in [0.25, 0.3) is 5.91 Å². The molecule has 0 unspecified atom stereocenters. The lowest BCUT2D eigenvalue weighted by Gasteiger charge is -2.28. The molecule has 4 heteroatoms. The van der Waals surface area contributed by atoms with Crippen LogP contribution in [0.1, 0.15) is 38.1 Å². The normalized spacial score (nSPS) is 11.2. The fourth-order valence-corrected chi connectivity index (χ4v) is 1.84. The second-order valence-electron chi connectivity index (χ2n) is 5.09. The summed E-state index contributed by atoms with van der Waals surface area (Å²) in [5, 5.41) is 9.82. The van der Waals surface area contributed by atoms with Gasteiger partial charge >= 0.3 is 0 Å². The first-order valence-corrected chi connectivity index (χ1v) is 6.62. The van der Waals surface area contributed by atoms with Crippen molar-refractivity contribution in [1.82, 2.24) is 4.90 Å². The smallest absolute Gasteiger partial charge is 0.253 e. The third kappa shape index (κ3) is 4.91. The molecule has 0 heterocycles. The van der Waals surface area contributed by atoms with Gasteiger partial charge in [-0.2, -0.15) is 0 Å². The van der Waals surface area contributed by atoms with Crippen LogP contribution >= 0.6 is 0 Å². The Morgan fingerprint density at radius 3 is 2.26 bits per heavy atom. The molecule has 0 radical (unpaired) electrons. The molecule has 106 valence electrons. The lowest BCUT2D eigenvalue weighted by Crippen LogP contribution is -2.42. The number of carbonyl (C=O) groups is 1. The molecule has 0 saturated carbocycles. The Kier molecular flexibility index (Phi) is 5.36. The Morgan fingerprint density at radius 2 is 1.84 bits per heavy atom. The van der Waals surface area contributed by atoms with E-state index in [9.17, 15) is 9.90 Å². The first-order valence-electron chi connectivity index (χ1n) is 6.62. The number of hydrogen-bond donors (Lipinski definition) is 1. The van der Waals surface area contributed by atoms with Crippen LogP contribution in [0.25, 0.3) is 0 Å². The summed E-state index contributed by atoms with van der Waals surface area (Å²) in [6, 6.07) is 7.07. The summed E-state index contributed by atoms with van der Waals surface area (Å²) >= 11 is 0. The molecule has 0 saturated heterocycles. The number of benzene rings is 1. The van der Waals surface area contributed by atoms with Crippen LogP contribution in [0.4, 0.5) is 0 Å². The number of nitrogens with zero attached hydrogens (tertiary/aromatic N) is 1. The summed E-state index contributed by atoms with van der Waals surface area (Å²) in [5.41, 5.74) is -0.286. The minimum atomic E-state index is -0.892. The summed E-state index contributed by atoms with van der Waals surface area (Å²) in [6.45, 7) is 8.69. The number of ether oxygens (including phenoxy) is 1. The second-order valence-corrected chi connectivity index (χ2v) is 5.09. The van der Waals surface area contributed by atoms with Gasteiger partial charge in [0, 0.05) is 18.7 Å². The molecule has 0 bridgehead atoms. The summed E-state index contributed by atoms with van der Waals surface area (Å²) in [7, 11) is 0. The van der Waals surface area contributed by atoms with Crippen LogP contribution in [0.5, 0.6) is 5.75 Å². The molecule has 0 aromatic heterocycles. The van der Waals surface area contributed by atoms with Gasteiger partial charge in [-0.15, -0.1) is 0 Å². The molecular weight excluding hydrogens is 242 g/mol. The van der Waals surface area contributed by atoms with Crippen LogP contribution in [0.2, 0.25) is 0 Å². The third-order valence-corrected chi connectivity index (χ3v) is 2.66. The molecule has 1 aromatic carbocycles. The fraction of sp³-hybridized carbons (Fsp3) is 0.533. The quantitative estimate of drug-likeness (QED) is 0.858. The molecule has 0 aliphatic rings. The first-order chi connectivity index (χ1) is 8.87. The van der Waals surface area contributed by atoms with Crippen molar-refractivity contribution in [2.24, 2.45) is 0 Å². The van der Waals surface area contributed by atoms with Crippen LogP contribution < -0.4 is 4.74 Å². The molecule has 4 nitrogen and oxygen atoms in total. The van der Waals surface area contributed by atoms with E-state index < -0.39 is 5.60 Å². The molecule has 1 aromatic rings. The number of likely N-dealkylation sites (N-methyl/N-ethyl adjacent to an activating group) is 1. The predicted molar refractivity (Wildman–Crippen MR) is 75.5 cm³/mol. The molecule has 0 aliphatic heterocycles. The molecule has 19 heavy (non-hydrogen) atoms. The Morgan fingerprint density at radius 1 is 1.26 bits per heavy atom. The van der Waals surface area contributed by atoms with Crippen molar-refractivity contribution in [2.45, 2.75) is 33.3 Å². The van der Waals surface area contributed by atoms with Gasteiger partial charge in [-0.05, 0) is 52.0 Å². The SMILES string of the molecule is CCOc1ccc(C(=O)N(CC)CC(C)(C)O)cc1. The molecule has 0 aliphatic carbocycles. The number of amides is 1. The van der Waals surface area contributed by atoms with Crippen LogP contribution in [-0.4, -0.2) is 41.2 Å². The van der Waals surface area contributed by atoms with Crippen LogP contribution in [-0.2, 0) is 0 Å². The van der Waals surface area contributed by atoms with E-state index in [0.29, 0.717) is 25.3 Å². The third-order valence-electron chi connectivity index (χ3n) is 2.66.